The van der Waals surface area contributed by atoms with Gasteiger partial charge in [0.1, 0.15) is 0 Å². The van der Waals surface area contributed by atoms with E-state index in [9.17, 15) is 4.79 Å². The third kappa shape index (κ3) is 3.80. The van der Waals surface area contributed by atoms with Crippen molar-refractivity contribution in [3.63, 3.8) is 0 Å². The van der Waals surface area contributed by atoms with Gasteiger partial charge >= 0.3 is 0 Å². The van der Waals surface area contributed by atoms with Gasteiger partial charge in [0.2, 0.25) is 0 Å². The Morgan fingerprint density at radius 3 is 3.24 bits per heavy atom. The van der Waals surface area contributed by atoms with Crippen LogP contribution in [0.4, 0.5) is 5.69 Å². The van der Waals surface area contributed by atoms with Crippen molar-refractivity contribution in [2.45, 2.75) is 31.9 Å². The molecule has 4 rings (SSSR count). The van der Waals surface area contributed by atoms with E-state index >= 15 is 0 Å². The fourth-order valence-corrected chi connectivity index (χ4v) is 3.57. The minimum atomic E-state index is -0.257. The zero-order valence-electron chi connectivity index (χ0n) is 13.6. The quantitative estimate of drug-likeness (QED) is 0.734. The molecule has 1 amide bonds. The van der Waals surface area contributed by atoms with Crippen molar-refractivity contribution in [3.05, 3.63) is 41.7 Å². The van der Waals surface area contributed by atoms with E-state index in [0.29, 0.717) is 17.9 Å². The number of hydrogen-bond acceptors (Lipinski definition) is 5. The molecule has 1 saturated heterocycles. The van der Waals surface area contributed by atoms with Crippen LogP contribution in [0.5, 0.6) is 0 Å². The van der Waals surface area contributed by atoms with E-state index in [1.165, 1.54) is 6.42 Å². The molecule has 25 heavy (non-hydrogen) atoms. The highest BCUT2D eigenvalue weighted by Gasteiger charge is 2.16. The van der Waals surface area contributed by atoms with Crippen LogP contribution in [0.15, 0.2) is 36.0 Å². The van der Waals surface area contributed by atoms with Gasteiger partial charge in [-0.2, -0.15) is 10.2 Å². The second-order valence-corrected chi connectivity index (χ2v) is 6.99. The van der Waals surface area contributed by atoms with Crippen LogP contribution in [0.1, 0.15) is 29.8 Å². The normalized spacial score (nSPS) is 17.5. The molecule has 0 radical (unpaired) electrons. The second kappa shape index (κ2) is 7.20. The number of aromatic nitrogens is 4. The summed E-state index contributed by atoms with van der Waals surface area (Å²) in [6.07, 6.45) is 7.06. The number of nitrogens with one attached hydrogen (secondary N) is 2. The Hall–Kier alpha value is -2.45. The van der Waals surface area contributed by atoms with E-state index < -0.39 is 0 Å². The number of H-pyrrole nitrogens is 1. The Balaban J connectivity index is 1.38. The number of anilines is 1. The maximum atomic E-state index is 12.3. The Morgan fingerprint density at radius 1 is 1.48 bits per heavy atom. The monoisotopic (exact) mass is 357 g/mol. The molecule has 7 nitrogen and oxygen atoms in total. The van der Waals surface area contributed by atoms with Crippen molar-refractivity contribution < 1.29 is 9.53 Å². The van der Waals surface area contributed by atoms with Gasteiger partial charge < -0.3 is 10.1 Å². The fraction of sp³-hybridized carbons (Fsp3) is 0.353. The third-order valence-corrected chi connectivity index (χ3v) is 5.06. The van der Waals surface area contributed by atoms with Gasteiger partial charge in [-0.05, 0) is 36.8 Å². The molecular formula is C17H19N5O2S. The summed E-state index contributed by atoms with van der Waals surface area (Å²) >= 11 is 1.60. The number of thiophene rings is 1. The van der Waals surface area contributed by atoms with Crippen molar-refractivity contribution in [1.29, 1.82) is 0 Å². The van der Waals surface area contributed by atoms with Crippen LogP contribution in [-0.4, -0.2) is 38.6 Å². The Kier molecular flexibility index (Phi) is 4.62. The molecule has 0 bridgehead atoms. The predicted octanol–water partition coefficient (Wildman–Crippen LogP) is 3.16. The lowest BCUT2D eigenvalue weighted by molar-refractivity contribution is 0.00401. The highest BCUT2D eigenvalue weighted by atomic mass is 32.1. The Morgan fingerprint density at radius 2 is 2.44 bits per heavy atom. The molecule has 1 atom stereocenters. The summed E-state index contributed by atoms with van der Waals surface area (Å²) in [4.78, 5) is 13.4. The molecule has 4 heterocycles. The predicted molar refractivity (Wildman–Crippen MR) is 95.7 cm³/mol. The molecule has 3 aromatic rings. The van der Waals surface area contributed by atoms with Crippen LogP contribution in [0.3, 0.4) is 0 Å². The smallest absolute Gasteiger partial charge is 0.276 e. The summed E-state index contributed by atoms with van der Waals surface area (Å²) in [6.45, 7) is 1.53. The Labute approximate surface area is 149 Å². The highest BCUT2D eigenvalue weighted by molar-refractivity contribution is 7.13. The maximum absolute atomic E-state index is 12.3. The standard InChI is InChI=1S/C17H19N5O2S/c23-17(15-8-14(20-21-15)16-5-3-7-25-16)19-12-9-18-22(10-12)11-13-4-1-2-6-24-13/h3,5,7-10,13H,1-2,4,6,11H2,(H,19,23)(H,20,21)/t13-/m1/s1. The summed E-state index contributed by atoms with van der Waals surface area (Å²) in [5.74, 6) is -0.257. The van der Waals surface area contributed by atoms with Crippen molar-refractivity contribution >= 4 is 22.9 Å². The number of carbonyl (C=O) groups excluding carboxylic acids is 1. The van der Waals surface area contributed by atoms with Gasteiger partial charge in [0.05, 0.1) is 35.1 Å². The first-order valence-corrected chi connectivity index (χ1v) is 9.20. The molecule has 130 valence electrons. The molecule has 1 fully saturated rings. The first kappa shape index (κ1) is 16.0. The van der Waals surface area contributed by atoms with Crippen LogP contribution < -0.4 is 5.32 Å². The molecule has 0 aromatic carbocycles. The first-order chi connectivity index (χ1) is 12.3. The summed E-state index contributed by atoms with van der Waals surface area (Å²) < 4.78 is 7.53. The van der Waals surface area contributed by atoms with Gasteiger partial charge in [-0.1, -0.05) is 6.07 Å². The van der Waals surface area contributed by atoms with E-state index in [2.05, 4.69) is 20.6 Å². The average Bonchev–Trinajstić information content (AvgIpc) is 3.37. The van der Waals surface area contributed by atoms with Gasteiger partial charge in [0, 0.05) is 12.8 Å². The Bertz CT molecular complexity index is 833. The number of rotatable bonds is 5. The minimum Gasteiger partial charge on any atom is -0.376 e. The molecular weight excluding hydrogens is 338 g/mol. The largest absolute Gasteiger partial charge is 0.376 e. The zero-order chi connectivity index (χ0) is 17.1. The van der Waals surface area contributed by atoms with Crippen LogP contribution >= 0.6 is 11.3 Å². The molecule has 3 aromatic heterocycles. The van der Waals surface area contributed by atoms with Gasteiger partial charge in [-0.3, -0.25) is 14.6 Å². The van der Waals surface area contributed by atoms with Gasteiger partial charge in [0.15, 0.2) is 5.69 Å². The fourth-order valence-electron chi connectivity index (χ4n) is 2.88. The van der Waals surface area contributed by atoms with Crippen LogP contribution in [0, 0.1) is 0 Å². The lowest BCUT2D eigenvalue weighted by Gasteiger charge is -2.22. The number of carbonyl (C=O) groups is 1. The van der Waals surface area contributed by atoms with Crippen LogP contribution in [-0.2, 0) is 11.3 Å². The summed E-state index contributed by atoms with van der Waals surface area (Å²) in [5.41, 5.74) is 1.85. The molecule has 2 N–H and O–H groups in total. The van der Waals surface area contributed by atoms with E-state index in [0.717, 1.165) is 30.0 Å². The van der Waals surface area contributed by atoms with Crippen molar-refractivity contribution in [3.8, 4) is 10.6 Å². The minimum absolute atomic E-state index is 0.205. The number of aromatic amines is 1. The lowest BCUT2D eigenvalue weighted by Crippen LogP contribution is -2.24. The van der Waals surface area contributed by atoms with Crippen molar-refractivity contribution in [1.82, 2.24) is 20.0 Å². The van der Waals surface area contributed by atoms with Gasteiger partial charge in [0.25, 0.3) is 5.91 Å². The van der Waals surface area contributed by atoms with E-state index in [4.69, 9.17) is 4.74 Å². The summed E-state index contributed by atoms with van der Waals surface area (Å²) in [7, 11) is 0. The summed E-state index contributed by atoms with van der Waals surface area (Å²) in [5, 5.41) is 16.1. The molecule has 1 aliphatic heterocycles. The van der Waals surface area contributed by atoms with Crippen LogP contribution in [0.25, 0.3) is 10.6 Å². The zero-order valence-corrected chi connectivity index (χ0v) is 14.5. The maximum Gasteiger partial charge on any atom is 0.276 e. The van der Waals surface area contributed by atoms with E-state index in [1.807, 2.05) is 28.4 Å². The van der Waals surface area contributed by atoms with Gasteiger partial charge in [-0.15, -0.1) is 11.3 Å². The van der Waals surface area contributed by atoms with Gasteiger partial charge in [-0.25, -0.2) is 0 Å². The van der Waals surface area contributed by atoms with E-state index in [1.54, 1.807) is 23.6 Å². The van der Waals surface area contributed by atoms with Crippen molar-refractivity contribution in [2.75, 3.05) is 11.9 Å². The van der Waals surface area contributed by atoms with E-state index in [-0.39, 0.29) is 12.0 Å². The first-order valence-electron chi connectivity index (χ1n) is 8.32. The number of ether oxygens (including phenoxy) is 1. The highest BCUT2D eigenvalue weighted by Crippen LogP contribution is 2.23. The topological polar surface area (TPSA) is 84.8 Å². The number of amides is 1. The molecule has 0 unspecified atom stereocenters. The SMILES string of the molecule is O=C(Nc1cnn(C[C@H]2CCCCO2)c1)c1cc(-c2cccs2)[nH]n1. The molecule has 0 spiro atoms. The number of nitrogens with zero attached hydrogens (tertiary/aromatic N) is 3. The van der Waals surface area contributed by atoms with Crippen molar-refractivity contribution in [2.24, 2.45) is 0 Å². The second-order valence-electron chi connectivity index (χ2n) is 6.04. The molecule has 1 aliphatic rings. The average molecular weight is 357 g/mol. The molecule has 0 aliphatic carbocycles. The summed E-state index contributed by atoms with van der Waals surface area (Å²) in [6, 6.07) is 5.70. The molecule has 8 heteroatoms. The number of hydrogen-bond donors (Lipinski definition) is 2. The van der Waals surface area contributed by atoms with Crippen LogP contribution in [0.2, 0.25) is 0 Å². The third-order valence-electron chi connectivity index (χ3n) is 4.15. The lowest BCUT2D eigenvalue weighted by atomic mass is 10.1. The molecule has 0 saturated carbocycles.